The topological polar surface area (TPSA) is 69.0 Å². The second-order valence-electron chi connectivity index (χ2n) is 3.77. The summed E-state index contributed by atoms with van der Waals surface area (Å²) in [6, 6.07) is 7.14. The largest absolute Gasteiger partial charge is 0.465 e. The maximum absolute atomic E-state index is 11.4. The molecule has 6 heteroatoms. The molecule has 1 aromatic carbocycles. The molecule has 0 bridgehead atoms. The smallest absolute Gasteiger partial charge is 0.337 e. The van der Waals surface area contributed by atoms with Crippen LogP contribution in [0.1, 0.15) is 16.1 Å². The van der Waals surface area contributed by atoms with Crippen LogP contribution in [-0.2, 0) is 18.3 Å². The van der Waals surface area contributed by atoms with Crippen LogP contribution in [0.15, 0.2) is 30.5 Å². The fraction of sp³-hybridized carbons (Fsp3) is 0.250. The van der Waals surface area contributed by atoms with Gasteiger partial charge in [-0.05, 0) is 18.2 Å². The number of rotatable bonds is 4. The number of carbonyl (C=O) groups excluding carboxylic acids is 1. The molecule has 18 heavy (non-hydrogen) atoms. The van der Waals surface area contributed by atoms with Crippen LogP contribution in [-0.4, -0.2) is 28.1 Å². The van der Waals surface area contributed by atoms with E-state index in [9.17, 15) is 4.79 Å². The zero-order valence-corrected chi connectivity index (χ0v) is 10.3. The van der Waals surface area contributed by atoms with E-state index < -0.39 is 0 Å². The van der Waals surface area contributed by atoms with E-state index in [-0.39, 0.29) is 5.97 Å². The van der Waals surface area contributed by atoms with Gasteiger partial charge in [0.1, 0.15) is 0 Å². The third kappa shape index (κ3) is 2.65. The lowest BCUT2D eigenvalue weighted by Crippen LogP contribution is -2.06. The number of benzene rings is 1. The summed E-state index contributed by atoms with van der Waals surface area (Å²) in [6.45, 7) is 0.591. The lowest BCUT2D eigenvalue weighted by atomic mass is 10.2. The van der Waals surface area contributed by atoms with Crippen molar-refractivity contribution in [3.63, 3.8) is 0 Å². The Morgan fingerprint density at radius 3 is 3.00 bits per heavy atom. The molecule has 0 aliphatic heterocycles. The third-order valence-corrected chi connectivity index (χ3v) is 2.57. The van der Waals surface area contributed by atoms with Crippen molar-refractivity contribution < 1.29 is 9.53 Å². The van der Waals surface area contributed by atoms with Gasteiger partial charge >= 0.3 is 5.97 Å². The minimum Gasteiger partial charge on any atom is -0.465 e. The van der Waals surface area contributed by atoms with Crippen LogP contribution in [0.5, 0.6) is 0 Å². The number of esters is 1. The van der Waals surface area contributed by atoms with Gasteiger partial charge in [-0.3, -0.25) is 4.68 Å². The predicted octanol–water partition coefficient (Wildman–Crippen LogP) is 1.21. The van der Waals surface area contributed by atoms with Crippen molar-refractivity contribution in [2.75, 3.05) is 12.4 Å². The van der Waals surface area contributed by atoms with Gasteiger partial charge in [0.05, 0.1) is 31.1 Å². The molecular formula is C12H14N4O2. The molecule has 1 heterocycles. The van der Waals surface area contributed by atoms with Gasteiger partial charge in [0.25, 0.3) is 0 Å². The van der Waals surface area contributed by atoms with E-state index in [0.717, 1.165) is 11.4 Å². The maximum atomic E-state index is 11.4. The number of carbonyl (C=O) groups is 1. The van der Waals surface area contributed by atoms with E-state index in [4.69, 9.17) is 0 Å². The first-order valence-electron chi connectivity index (χ1n) is 5.46. The fourth-order valence-corrected chi connectivity index (χ4v) is 1.54. The van der Waals surface area contributed by atoms with Crippen molar-refractivity contribution in [3.05, 3.63) is 41.7 Å². The van der Waals surface area contributed by atoms with Gasteiger partial charge in [-0.15, -0.1) is 5.10 Å². The van der Waals surface area contributed by atoms with Crippen LogP contribution in [0, 0.1) is 0 Å². The molecule has 0 unspecified atom stereocenters. The number of anilines is 1. The van der Waals surface area contributed by atoms with Crippen LogP contribution in [0.25, 0.3) is 0 Å². The minimum absolute atomic E-state index is 0.346. The van der Waals surface area contributed by atoms with Crippen molar-refractivity contribution in [1.82, 2.24) is 15.0 Å². The van der Waals surface area contributed by atoms with Crippen LogP contribution in [0.2, 0.25) is 0 Å². The predicted molar refractivity (Wildman–Crippen MR) is 66.1 cm³/mol. The number of aryl methyl sites for hydroxylation is 1. The number of hydrogen-bond donors (Lipinski definition) is 1. The van der Waals surface area contributed by atoms with Gasteiger partial charge in [0.15, 0.2) is 0 Å². The maximum Gasteiger partial charge on any atom is 0.337 e. The molecule has 2 aromatic rings. The second kappa shape index (κ2) is 5.31. The molecule has 94 valence electrons. The summed E-state index contributed by atoms with van der Waals surface area (Å²) in [4.78, 5) is 11.4. The first-order valence-corrected chi connectivity index (χ1v) is 5.46. The zero-order valence-electron chi connectivity index (χ0n) is 10.3. The summed E-state index contributed by atoms with van der Waals surface area (Å²) in [5, 5.41) is 10.8. The first kappa shape index (κ1) is 12.1. The number of hydrogen-bond acceptors (Lipinski definition) is 5. The number of methoxy groups -OCH3 is 1. The Kier molecular flexibility index (Phi) is 3.57. The average Bonchev–Trinajstić information content (AvgIpc) is 2.81. The van der Waals surface area contributed by atoms with Gasteiger partial charge in [-0.25, -0.2) is 4.79 Å². The van der Waals surface area contributed by atoms with Crippen molar-refractivity contribution >= 4 is 11.7 Å². The molecular weight excluding hydrogens is 232 g/mol. The van der Waals surface area contributed by atoms with Gasteiger partial charge < -0.3 is 10.1 Å². The lowest BCUT2D eigenvalue weighted by molar-refractivity contribution is 0.0601. The average molecular weight is 246 g/mol. The summed E-state index contributed by atoms with van der Waals surface area (Å²) >= 11 is 0. The van der Waals surface area contributed by atoms with Crippen LogP contribution in [0.3, 0.4) is 0 Å². The molecule has 1 N–H and O–H groups in total. The first-order chi connectivity index (χ1) is 8.70. The van der Waals surface area contributed by atoms with Crippen LogP contribution < -0.4 is 5.32 Å². The number of aromatic nitrogens is 3. The van der Waals surface area contributed by atoms with Crippen LogP contribution >= 0.6 is 0 Å². The molecule has 0 fully saturated rings. The van der Waals surface area contributed by atoms with E-state index in [1.165, 1.54) is 7.11 Å². The highest BCUT2D eigenvalue weighted by Gasteiger charge is 2.06. The second-order valence-corrected chi connectivity index (χ2v) is 3.77. The molecule has 0 aliphatic carbocycles. The molecule has 6 nitrogen and oxygen atoms in total. The summed E-state index contributed by atoms with van der Waals surface area (Å²) in [5.41, 5.74) is 2.32. The van der Waals surface area contributed by atoms with Gasteiger partial charge in [0.2, 0.25) is 0 Å². The molecule has 2 rings (SSSR count). The number of nitrogens with zero attached hydrogens (tertiary/aromatic N) is 3. The Bertz CT molecular complexity index is 551. The third-order valence-electron chi connectivity index (χ3n) is 2.57. The molecule has 1 aromatic heterocycles. The van der Waals surface area contributed by atoms with Gasteiger partial charge in [-0.1, -0.05) is 11.3 Å². The number of ether oxygens (including phenoxy) is 1. The highest BCUT2D eigenvalue weighted by atomic mass is 16.5. The van der Waals surface area contributed by atoms with Crippen molar-refractivity contribution in [2.24, 2.45) is 7.05 Å². The Hall–Kier alpha value is -2.37. The Morgan fingerprint density at radius 2 is 2.33 bits per heavy atom. The normalized spacial score (nSPS) is 10.1. The fourth-order valence-electron chi connectivity index (χ4n) is 1.54. The van der Waals surface area contributed by atoms with Crippen molar-refractivity contribution in [2.45, 2.75) is 6.54 Å². The summed E-state index contributed by atoms with van der Waals surface area (Å²) < 4.78 is 6.36. The standard InChI is InChI=1S/C12H14N4O2/c1-16-11(8-14-15-16)7-13-10-5-3-4-9(6-10)12(17)18-2/h3-6,8,13H,7H2,1-2H3. The van der Waals surface area contributed by atoms with E-state index in [1.807, 2.05) is 13.1 Å². The van der Waals surface area contributed by atoms with E-state index >= 15 is 0 Å². The SMILES string of the molecule is COC(=O)c1cccc(NCc2cnnn2C)c1. The molecule has 0 saturated heterocycles. The monoisotopic (exact) mass is 246 g/mol. The van der Waals surface area contributed by atoms with E-state index in [1.54, 1.807) is 29.1 Å². The molecule has 0 radical (unpaired) electrons. The van der Waals surface area contributed by atoms with Gasteiger partial charge in [0, 0.05) is 12.7 Å². The lowest BCUT2D eigenvalue weighted by Gasteiger charge is -2.07. The summed E-state index contributed by atoms with van der Waals surface area (Å²) in [6.07, 6.45) is 1.69. The van der Waals surface area contributed by atoms with Crippen molar-refractivity contribution in [3.8, 4) is 0 Å². The van der Waals surface area contributed by atoms with E-state index in [0.29, 0.717) is 12.1 Å². The molecule has 0 atom stereocenters. The highest BCUT2D eigenvalue weighted by molar-refractivity contribution is 5.90. The number of nitrogens with one attached hydrogen (secondary N) is 1. The molecule has 0 aliphatic rings. The Morgan fingerprint density at radius 1 is 1.50 bits per heavy atom. The summed E-state index contributed by atoms with van der Waals surface area (Å²) in [7, 11) is 3.19. The minimum atomic E-state index is -0.346. The highest BCUT2D eigenvalue weighted by Crippen LogP contribution is 2.12. The van der Waals surface area contributed by atoms with Crippen LogP contribution in [0.4, 0.5) is 5.69 Å². The summed E-state index contributed by atoms with van der Waals surface area (Å²) in [5.74, 6) is -0.346. The molecule has 0 amide bonds. The quantitative estimate of drug-likeness (QED) is 0.821. The Labute approximate surface area is 105 Å². The van der Waals surface area contributed by atoms with Gasteiger partial charge in [-0.2, -0.15) is 0 Å². The van der Waals surface area contributed by atoms with E-state index in [2.05, 4.69) is 20.4 Å². The Balaban J connectivity index is 2.06. The van der Waals surface area contributed by atoms with Crippen molar-refractivity contribution in [1.29, 1.82) is 0 Å². The molecule has 0 spiro atoms. The zero-order chi connectivity index (χ0) is 13.0. The molecule has 0 saturated carbocycles.